The molecule has 1 unspecified atom stereocenters. The van der Waals surface area contributed by atoms with E-state index in [1.165, 1.54) is 6.07 Å². The monoisotopic (exact) mass is 291 g/mol. The number of likely N-dealkylation sites (tertiary alicyclic amines) is 1. The highest BCUT2D eigenvalue weighted by Crippen LogP contribution is 2.30. The van der Waals surface area contributed by atoms with E-state index in [1.54, 1.807) is 24.1 Å². The second-order valence-corrected chi connectivity index (χ2v) is 5.38. The zero-order valence-electron chi connectivity index (χ0n) is 12.5. The number of carbonyl (C=O) groups excluding carboxylic acids is 1. The van der Waals surface area contributed by atoms with Crippen LogP contribution in [0, 0.1) is 16.0 Å². The molecule has 21 heavy (non-hydrogen) atoms. The van der Waals surface area contributed by atoms with Gasteiger partial charge in [0.1, 0.15) is 11.3 Å². The van der Waals surface area contributed by atoms with Crippen molar-refractivity contribution in [1.82, 2.24) is 4.90 Å². The topological polar surface area (TPSA) is 75.5 Å². The molecule has 0 aliphatic carbocycles. The second-order valence-electron chi connectivity index (χ2n) is 5.38. The van der Waals surface area contributed by atoms with Gasteiger partial charge in [-0.15, -0.1) is 0 Å². The van der Waals surface area contributed by atoms with E-state index < -0.39 is 4.92 Å². The van der Waals surface area contributed by atoms with Gasteiger partial charge in [0.25, 0.3) is 5.91 Å². The van der Waals surface area contributed by atoms with Crippen LogP contribution in [0.25, 0.3) is 0 Å². The Morgan fingerprint density at radius 2 is 2.29 bits per heavy atom. The maximum Gasteiger partial charge on any atom is 0.305 e. The number of amides is 1. The van der Waals surface area contributed by atoms with Crippen LogP contribution in [0.4, 0.5) is 11.4 Å². The van der Waals surface area contributed by atoms with Crippen molar-refractivity contribution < 1.29 is 9.72 Å². The average molecular weight is 291 g/mol. The molecule has 0 radical (unpaired) electrons. The molecule has 1 fully saturated rings. The summed E-state index contributed by atoms with van der Waals surface area (Å²) in [6, 6.07) is 4.82. The minimum absolute atomic E-state index is 0.136. The molecular formula is C15H21N3O3. The van der Waals surface area contributed by atoms with Crippen molar-refractivity contribution in [1.29, 1.82) is 0 Å². The van der Waals surface area contributed by atoms with Gasteiger partial charge in [-0.3, -0.25) is 14.9 Å². The molecule has 1 atom stereocenters. The molecule has 1 aliphatic rings. The third kappa shape index (κ3) is 3.15. The second kappa shape index (κ2) is 6.56. The van der Waals surface area contributed by atoms with Crippen LogP contribution in [0.3, 0.4) is 0 Å². The van der Waals surface area contributed by atoms with Gasteiger partial charge in [-0.05, 0) is 30.9 Å². The van der Waals surface area contributed by atoms with E-state index in [-0.39, 0.29) is 17.2 Å². The summed E-state index contributed by atoms with van der Waals surface area (Å²) < 4.78 is 0. The molecule has 0 saturated carbocycles. The van der Waals surface area contributed by atoms with Crippen molar-refractivity contribution in [3.05, 3.63) is 33.9 Å². The first-order valence-electron chi connectivity index (χ1n) is 7.32. The van der Waals surface area contributed by atoms with E-state index in [1.807, 2.05) is 0 Å². The number of benzene rings is 1. The molecule has 1 amide bonds. The van der Waals surface area contributed by atoms with E-state index in [9.17, 15) is 14.9 Å². The summed E-state index contributed by atoms with van der Waals surface area (Å²) in [5.74, 6) is 0.256. The van der Waals surface area contributed by atoms with Gasteiger partial charge < -0.3 is 10.2 Å². The summed E-state index contributed by atoms with van der Waals surface area (Å²) in [6.07, 6.45) is 3.12. The molecule has 6 nitrogen and oxygen atoms in total. The lowest BCUT2D eigenvalue weighted by Gasteiger charge is -2.32. The van der Waals surface area contributed by atoms with Crippen LogP contribution in [-0.2, 0) is 0 Å². The van der Waals surface area contributed by atoms with Crippen LogP contribution >= 0.6 is 0 Å². The largest absolute Gasteiger partial charge is 0.383 e. The number of carbonyl (C=O) groups is 1. The molecule has 2 rings (SSSR count). The van der Waals surface area contributed by atoms with Gasteiger partial charge >= 0.3 is 5.69 Å². The van der Waals surface area contributed by atoms with Crippen LogP contribution in [0.15, 0.2) is 18.2 Å². The fourth-order valence-corrected chi connectivity index (χ4v) is 2.87. The lowest BCUT2D eigenvalue weighted by Crippen LogP contribution is -2.40. The summed E-state index contributed by atoms with van der Waals surface area (Å²) >= 11 is 0. The molecule has 0 spiro atoms. The molecule has 114 valence electrons. The first-order valence-corrected chi connectivity index (χ1v) is 7.32. The molecule has 0 bridgehead atoms. The number of anilines is 1. The summed E-state index contributed by atoms with van der Waals surface area (Å²) in [5.41, 5.74) is 0.405. The van der Waals surface area contributed by atoms with Crippen molar-refractivity contribution in [3.63, 3.8) is 0 Å². The van der Waals surface area contributed by atoms with Gasteiger partial charge in [-0.25, -0.2) is 0 Å². The molecule has 1 heterocycles. The Morgan fingerprint density at radius 1 is 1.52 bits per heavy atom. The molecule has 1 aromatic rings. The SMILES string of the molecule is CCC1CCCN(C(=O)c2cccc(NC)c2[N+](=O)[O-])C1. The smallest absolute Gasteiger partial charge is 0.305 e. The standard InChI is InChI=1S/C15H21N3O3/c1-3-11-6-5-9-17(10-11)15(19)12-7-4-8-13(16-2)14(12)18(20)21/h4,7-8,11,16H,3,5-6,9-10H2,1-2H3. The van der Waals surface area contributed by atoms with Gasteiger partial charge in [-0.1, -0.05) is 19.4 Å². The summed E-state index contributed by atoms with van der Waals surface area (Å²) in [7, 11) is 1.62. The number of rotatable bonds is 4. The average Bonchev–Trinajstić information content (AvgIpc) is 2.53. The first-order chi connectivity index (χ1) is 10.1. The van der Waals surface area contributed by atoms with Crippen molar-refractivity contribution in [2.75, 3.05) is 25.5 Å². The molecule has 6 heteroatoms. The van der Waals surface area contributed by atoms with Crippen molar-refractivity contribution in [2.24, 2.45) is 5.92 Å². The van der Waals surface area contributed by atoms with Gasteiger partial charge in [0.05, 0.1) is 4.92 Å². The lowest BCUT2D eigenvalue weighted by atomic mass is 9.95. The molecular weight excluding hydrogens is 270 g/mol. The highest BCUT2D eigenvalue weighted by atomic mass is 16.6. The Labute approximate surface area is 124 Å². The number of nitrogens with one attached hydrogen (secondary N) is 1. The zero-order chi connectivity index (χ0) is 15.4. The number of piperidine rings is 1. The lowest BCUT2D eigenvalue weighted by molar-refractivity contribution is -0.384. The predicted molar refractivity (Wildman–Crippen MR) is 81.6 cm³/mol. The Morgan fingerprint density at radius 3 is 2.90 bits per heavy atom. The summed E-state index contributed by atoms with van der Waals surface area (Å²) in [5, 5.41) is 14.1. The van der Waals surface area contributed by atoms with Crippen molar-refractivity contribution in [2.45, 2.75) is 26.2 Å². The molecule has 1 aliphatic heterocycles. The van der Waals surface area contributed by atoms with E-state index in [4.69, 9.17) is 0 Å². The van der Waals surface area contributed by atoms with Crippen LogP contribution in [0.1, 0.15) is 36.5 Å². The van der Waals surface area contributed by atoms with Gasteiger partial charge in [-0.2, -0.15) is 0 Å². The fraction of sp³-hybridized carbons (Fsp3) is 0.533. The van der Waals surface area contributed by atoms with Crippen LogP contribution in [0.2, 0.25) is 0 Å². The molecule has 1 aromatic carbocycles. The van der Waals surface area contributed by atoms with Crippen LogP contribution < -0.4 is 5.32 Å². The molecule has 0 aromatic heterocycles. The summed E-state index contributed by atoms with van der Waals surface area (Å²) in [6.45, 7) is 3.48. The van der Waals surface area contributed by atoms with E-state index in [2.05, 4.69) is 12.2 Å². The maximum absolute atomic E-state index is 12.6. The molecule has 1 saturated heterocycles. The number of nitro benzene ring substituents is 1. The summed E-state index contributed by atoms with van der Waals surface area (Å²) in [4.78, 5) is 25.2. The predicted octanol–water partition coefficient (Wildman–Crippen LogP) is 2.90. The molecule has 1 N–H and O–H groups in total. The van der Waals surface area contributed by atoms with Crippen molar-refractivity contribution in [3.8, 4) is 0 Å². The van der Waals surface area contributed by atoms with E-state index in [0.717, 1.165) is 19.3 Å². The third-order valence-electron chi connectivity index (χ3n) is 4.10. The highest BCUT2D eigenvalue weighted by Gasteiger charge is 2.30. The van der Waals surface area contributed by atoms with Crippen LogP contribution in [-0.4, -0.2) is 35.9 Å². The highest BCUT2D eigenvalue weighted by molar-refractivity contribution is 6.00. The quantitative estimate of drug-likeness (QED) is 0.683. The van der Waals surface area contributed by atoms with Gasteiger partial charge in [0.15, 0.2) is 0 Å². The minimum Gasteiger partial charge on any atom is -0.383 e. The Kier molecular flexibility index (Phi) is 4.77. The third-order valence-corrected chi connectivity index (χ3v) is 4.10. The minimum atomic E-state index is -0.486. The number of nitro groups is 1. The normalized spacial score (nSPS) is 18.4. The Hall–Kier alpha value is -2.11. The number of nitrogens with zero attached hydrogens (tertiary/aromatic N) is 2. The fourth-order valence-electron chi connectivity index (χ4n) is 2.87. The van der Waals surface area contributed by atoms with Crippen LogP contribution in [0.5, 0.6) is 0 Å². The Bertz CT molecular complexity index is 545. The van der Waals surface area contributed by atoms with Crippen molar-refractivity contribution >= 4 is 17.3 Å². The number of hydrogen-bond donors (Lipinski definition) is 1. The van der Waals surface area contributed by atoms with Gasteiger partial charge in [0, 0.05) is 20.1 Å². The zero-order valence-corrected chi connectivity index (χ0v) is 12.5. The number of para-hydroxylation sites is 1. The van der Waals surface area contributed by atoms with E-state index in [0.29, 0.717) is 24.7 Å². The number of hydrogen-bond acceptors (Lipinski definition) is 4. The van der Waals surface area contributed by atoms with E-state index >= 15 is 0 Å². The maximum atomic E-state index is 12.6. The Balaban J connectivity index is 2.32. The van der Waals surface area contributed by atoms with Gasteiger partial charge in [0.2, 0.25) is 0 Å². The first kappa shape index (κ1) is 15.3.